The Labute approximate surface area is 178 Å². The zero-order chi connectivity index (χ0) is 21.5. The van der Waals surface area contributed by atoms with Crippen LogP contribution in [0.2, 0.25) is 0 Å². The van der Waals surface area contributed by atoms with Crippen molar-refractivity contribution in [2.24, 2.45) is 7.05 Å². The Balaban J connectivity index is 1.48. The van der Waals surface area contributed by atoms with Crippen molar-refractivity contribution in [1.29, 1.82) is 0 Å². The predicted octanol–water partition coefficient (Wildman–Crippen LogP) is 3.22. The summed E-state index contributed by atoms with van der Waals surface area (Å²) in [6, 6.07) is 16.1. The summed E-state index contributed by atoms with van der Waals surface area (Å²) >= 11 is 0. The van der Waals surface area contributed by atoms with Crippen LogP contribution in [0.5, 0.6) is 0 Å². The van der Waals surface area contributed by atoms with Crippen molar-refractivity contribution >= 4 is 22.6 Å². The minimum atomic E-state index is -0.0279. The van der Waals surface area contributed by atoms with Gasteiger partial charge in [0.15, 0.2) is 11.3 Å². The standard InChI is InChI=1S/C23H23N7O/c1-15(16-6-4-3-5-7-16)8-11-30-22(31)19-12-18(14-25-21(19)28(30)2)17-9-10-29-20(13-17)26-23(24)27-29/h3-7,9-10,12-15H,8,11H2,1-2H3,(H2,24,27). The van der Waals surface area contributed by atoms with Crippen molar-refractivity contribution in [2.45, 2.75) is 25.8 Å². The number of aromatic nitrogens is 6. The second-order valence-corrected chi connectivity index (χ2v) is 7.84. The van der Waals surface area contributed by atoms with Crippen LogP contribution in [-0.2, 0) is 13.6 Å². The second-order valence-electron chi connectivity index (χ2n) is 7.84. The first-order valence-electron chi connectivity index (χ1n) is 10.2. The van der Waals surface area contributed by atoms with E-state index in [9.17, 15) is 4.79 Å². The van der Waals surface area contributed by atoms with Crippen LogP contribution in [0, 0.1) is 0 Å². The Morgan fingerprint density at radius 2 is 1.90 bits per heavy atom. The third kappa shape index (κ3) is 3.35. The summed E-state index contributed by atoms with van der Waals surface area (Å²) in [4.78, 5) is 21.9. The summed E-state index contributed by atoms with van der Waals surface area (Å²) in [7, 11) is 1.88. The van der Waals surface area contributed by atoms with E-state index in [1.165, 1.54) is 5.56 Å². The van der Waals surface area contributed by atoms with Crippen LogP contribution in [-0.4, -0.2) is 28.9 Å². The number of pyridine rings is 2. The maximum absolute atomic E-state index is 13.2. The number of nitrogen functional groups attached to an aromatic ring is 1. The van der Waals surface area contributed by atoms with Crippen LogP contribution in [0.15, 0.2) is 65.7 Å². The molecule has 0 spiro atoms. The van der Waals surface area contributed by atoms with E-state index in [4.69, 9.17) is 5.73 Å². The zero-order valence-corrected chi connectivity index (χ0v) is 17.4. The number of benzene rings is 1. The Bertz CT molecular complexity index is 1450. The molecule has 0 saturated carbocycles. The first-order chi connectivity index (χ1) is 15.0. The van der Waals surface area contributed by atoms with E-state index < -0.39 is 0 Å². The molecule has 1 aromatic carbocycles. The highest BCUT2D eigenvalue weighted by Crippen LogP contribution is 2.23. The number of aryl methyl sites for hydroxylation is 1. The highest BCUT2D eigenvalue weighted by Gasteiger charge is 2.15. The molecule has 156 valence electrons. The van der Waals surface area contributed by atoms with Crippen molar-refractivity contribution in [1.82, 2.24) is 28.9 Å². The highest BCUT2D eigenvalue weighted by atomic mass is 16.1. The van der Waals surface area contributed by atoms with Crippen LogP contribution >= 0.6 is 0 Å². The SMILES string of the molecule is CC(CCn1c(=O)c2cc(-c3ccn4nc(N)nc4c3)cnc2n1C)c1ccccc1. The van der Waals surface area contributed by atoms with Crippen LogP contribution in [0.4, 0.5) is 5.95 Å². The summed E-state index contributed by atoms with van der Waals surface area (Å²) < 4.78 is 5.24. The number of fused-ring (bicyclic) bond motifs is 2. The van der Waals surface area contributed by atoms with E-state index in [0.29, 0.717) is 29.1 Å². The fraction of sp³-hybridized carbons (Fsp3) is 0.217. The van der Waals surface area contributed by atoms with Gasteiger partial charge in [-0.3, -0.25) is 9.48 Å². The molecule has 1 unspecified atom stereocenters. The number of anilines is 1. The predicted molar refractivity (Wildman–Crippen MR) is 121 cm³/mol. The molecule has 0 bridgehead atoms. The molecule has 0 radical (unpaired) electrons. The average molecular weight is 413 g/mol. The van der Waals surface area contributed by atoms with Gasteiger partial charge in [-0.15, -0.1) is 5.10 Å². The van der Waals surface area contributed by atoms with Gasteiger partial charge in [0.2, 0.25) is 5.95 Å². The molecule has 5 aromatic rings. The molecule has 0 amide bonds. The minimum Gasteiger partial charge on any atom is -0.366 e. The average Bonchev–Trinajstić information content (AvgIpc) is 3.28. The molecule has 8 nitrogen and oxygen atoms in total. The van der Waals surface area contributed by atoms with E-state index in [2.05, 4.69) is 34.1 Å². The molecular weight excluding hydrogens is 390 g/mol. The van der Waals surface area contributed by atoms with Gasteiger partial charge in [-0.2, -0.15) is 4.98 Å². The van der Waals surface area contributed by atoms with Crippen molar-refractivity contribution in [2.75, 3.05) is 5.73 Å². The third-order valence-electron chi connectivity index (χ3n) is 5.83. The molecule has 0 saturated heterocycles. The molecule has 1 atom stereocenters. The fourth-order valence-corrected chi connectivity index (χ4v) is 4.01. The maximum Gasteiger partial charge on any atom is 0.276 e. The van der Waals surface area contributed by atoms with Gasteiger partial charge in [0.05, 0.1) is 5.39 Å². The van der Waals surface area contributed by atoms with Crippen LogP contribution in [0.3, 0.4) is 0 Å². The monoisotopic (exact) mass is 413 g/mol. The molecular formula is C23H23N7O. The Morgan fingerprint density at radius 3 is 2.71 bits per heavy atom. The van der Waals surface area contributed by atoms with Gasteiger partial charge in [0.25, 0.3) is 5.56 Å². The zero-order valence-electron chi connectivity index (χ0n) is 17.4. The van der Waals surface area contributed by atoms with Gasteiger partial charge >= 0.3 is 0 Å². The lowest BCUT2D eigenvalue weighted by Gasteiger charge is -2.13. The molecule has 0 aliphatic heterocycles. The summed E-state index contributed by atoms with van der Waals surface area (Å²) in [5.41, 5.74) is 10.0. The van der Waals surface area contributed by atoms with E-state index in [1.54, 1.807) is 21.6 Å². The normalized spacial score (nSPS) is 12.6. The first-order valence-corrected chi connectivity index (χ1v) is 10.2. The largest absolute Gasteiger partial charge is 0.366 e. The van der Waals surface area contributed by atoms with Gasteiger partial charge in [-0.1, -0.05) is 37.3 Å². The molecule has 2 N–H and O–H groups in total. The lowest BCUT2D eigenvalue weighted by molar-refractivity contribution is 0.463. The van der Waals surface area contributed by atoms with Crippen molar-refractivity contribution < 1.29 is 0 Å². The maximum atomic E-state index is 13.2. The molecule has 5 rings (SSSR count). The van der Waals surface area contributed by atoms with Crippen molar-refractivity contribution in [3.8, 4) is 11.1 Å². The number of rotatable bonds is 5. The van der Waals surface area contributed by atoms with Gasteiger partial charge in [-0.05, 0) is 41.7 Å². The Kier molecular flexibility index (Phi) is 4.54. The summed E-state index contributed by atoms with van der Waals surface area (Å²) in [5, 5.41) is 4.70. The molecule has 4 heterocycles. The first kappa shape index (κ1) is 19.0. The number of hydrogen-bond acceptors (Lipinski definition) is 5. The lowest BCUT2D eigenvalue weighted by Crippen LogP contribution is -2.22. The molecule has 0 aliphatic rings. The van der Waals surface area contributed by atoms with E-state index in [0.717, 1.165) is 17.5 Å². The Hall–Kier alpha value is -3.94. The van der Waals surface area contributed by atoms with Crippen molar-refractivity contribution in [3.63, 3.8) is 0 Å². The van der Waals surface area contributed by atoms with Gasteiger partial charge in [0, 0.05) is 31.5 Å². The van der Waals surface area contributed by atoms with Crippen molar-refractivity contribution in [3.05, 3.63) is 76.8 Å². The van der Waals surface area contributed by atoms with E-state index in [1.807, 2.05) is 48.1 Å². The fourth-order valence-electron chi connectivity index (χ4n) is 4.01. The summed E-state index contributed by atoms with van der Waals surface area (Å²) in [6.45, 7) is 2.81. The Morgan fingerprint density at radius 1 is 1.10 bits per heavy atom. The quantitative estimate of drug-likeness (QED) is 0.477. The molecule has 4 aromatic heterocycles. The smallest absolute Gasteiger partial charge is 0.276 e. The third-order valence-corrected chi connectivity index (χ3v) is 5.83. The summed E-state index contributed by atoms with van der Waals surface area (Å²) in [6.07, 6.45) is 4.45. The molecule has 0 aliphatic carbocycles. The molecule has 8 heteroatoms. The topological polar surface area (TPSA) is 96.0 Å². The summed E-state index contributed by atoms with van der Waals surface area (Å²) in [5.74, 6) is 0.582. The second kappa shape index (κ2) is 7.39. The van der Waals surface area contributed by atoms with Gasteiger partial charge in [-0.25, -0.2) is 14.2 Å². The van der Waals surface area contributed by atoms with Crippen LogP contribution in [0.1, 0.15) is 24.8 Å². The van der Waals surface area contributed by atoms with Gasteiger partial charge in [0.1, 0.15) is 0 Å². The lowest BCUT2D eigenvalue weighted by atomic mass is 9.98. The highest BCUT2D eigenvalue weighted by molar-refractivity contribution is 5.81. The molecule has 31 heavy (non-hydrogen) atoms. The van der Waals surface area contributed by atoms with Gasteiger partial charge < -0.3 is 5.73 Å². The van der Waals surface area contributed by atoms with Crippen LogP contribution < -0.4 is 11.3 Å². The number of hydrogen-bond donors (Lipinski definition) is 1. The molecule has 0 fully saturated rings. The minimum absolute atomic E-state index is 0.0279. The van der Waals surface area contributed by atoms with E-state index in [-0.39, 0.29) is 11.5 Å². The number of nitrogens with two attached hydrogens (primary N) is 1. The van der Waals surface area contributed by atoms with Crippen LogP contribution in [0.25, 0.3) is 27.8 Å². The van der Waals surface area contributed by atoms with E-state index >= 15 is 0 Å². The number of nitrogens with zero attached hydrogens (tertiary/aromatic N) is 6.